The van der Waals surface area contributed by atoms with Gasteiger partial charge in [0.2, 0.25) is 17.5 Å². The predicted molar refractivity (Wildman–Crippen MR) is 244 cm³/mol. The number of fused-ring (bicyclic) bond motifs is 2. The minimum atomic E-state index is -0.728. The van der Waals surface area contributed by atoms with E-state index in [1.165, 1.54) is 17.9 Å². The van der Waals surface area contributed by atoms with Gasteiger partial charge in [-0.15, -0.1) is 0 Å². The maximum atomic E-state index is 13.4. The van der Waals surface area contributed by atoms with Crippen LogP contribution in [0, 0.1) is 6.57 Å². The summed E-state index contributed by atoms with van der Waals surface area (Å²) in [5.74, 6) is 0.759. The van der Waals surface area contributed by atoms with Crippen LogP contribution < -0.4 is 30.5 Å². The molecule has 340 valence electrons. The number of piperazine rings is 1. The summed E-state index contributed by atoms with van der Waals surface area (Å²) in [6.07, 6.45) is 2.83. The van der Waals surface area contributed by atoms with Gasteiger partial charge in [0, 0.05) is 69.4 Å². The summed E-state index contributed by atoms with van der Waals surface area (Å²) < 4.78 is 37.6. The van der Waals surface area contributed by atoms with E-state index in [-0.39, 0.29) is 24.4 Å². The van der Waals surface area contributed by atoms with Crippen molar-refractivity contribution in [3.8, 4) is 17.2 Å². The largest absolute Gasteiger partial charge is 0.495 e. The highest BCUT2D eigenvalue weighted by Crippen LogP contribution is 2.43. The maximum Gasteiger partial charge on any atom is 0.329 e. The molecule has 0 spiro atoms. The molecule has 0 radical (unpaired) electrons. The number of imidazole rings is 1. The highest BCUT2D eigenvalue weighted by Gasteiger charge is 2.31. The molecule has 2 aromatic heterocycles. The van der Waals surface area contributed by atoms with E-state index >= 15 is 0 Å². The van der Waals surface area contributed by atoms with Crippen LogP contribution in [0.15, 0.2) is 59.5 Å². The Hall–Kier alpha value is -5.45. The molecule has 2 amide bonds. The van der Waals surface area contributed by atoms with Gasteiger partial charge in [0.25, 0.3) is 0 Å². The molecule has 0 saturated carbocycles. The number of pyridine rings is 1. The predicted octanol–water partition coefficient (Wildman–Crippen LogP) is 6.08. The summed E-state index contributed by atoms with van der Waals surface area (Å²) in [6, 6.07) is 13.5. The van der Waals surface area contributed by atoms with Crippen LogP contribution in [-0.2, 0) is 30.3 Å². The molecule has 2 N–H and O–H groups in total. The molecule has 0 bridgehead atoms. The van der Waals surface area contributed by atoms with Crippen LogP contribution in [0.25, 0.3) is 26.8 Å². The maximum absolute atomic E-state index is 13.4. The van der Waals surface area contributed by atoms with E-state index in [1.807, 2.05) is 36.4 Å². The monoisotopic (exact) mass is 918 g/mol. The first kappa shape index (κ1) is 46.5. The van der Waals surface area contributed by atoms with Gasteiger partial charge in [-0.25, -0.2) is 9.64 Å². The quantitative estimate of drug-likeness (QED) is 0.0467. The molecule has 19 heteroatoms. The average Bonchev–Trinajstić information content (AvgIpc) is 3.57. The van der Waals surface area contributed by atoms with Crippen LogP contribution in [-0.4, -0.2) is 135 Å². The number of piperidine rings is 1. The Morgan fingerprint density at radius 1 is 0.797 bits per heavy atom. The Morgan fingerprint density at radius 3 is 2.16 bits per heavy atom. The van der Waals surface area contributed by atoms with Gasteiger partial charge >= 0.3 is 5.69 Å². The number of carbonyl (C=O) groups is 2. The van der Waals surface area contributed by atoms with Crippen LogP contribution in [0.4, 0.5) is 17.1 Å². The fourth-order valence-electron chi connectivity index (χ4n) is 7.87. The van der Waals surface area contributed by atoms with Crippen LogP contribution in [0.5, 0.6) is 17.2 Å². The number of para-hydroxylation sites is 2. The molecule has 4 heterocycles. The molecule has 64 heavy (non-hydrogen) atoms. The van der Waals surface area contributed by atoms with Gasteiger partial charge in [0.15, 0.2) is 11.5 Å². The van der Waals surface area contributed by atoms with Gasteiger partial charge in [0.05, 0.1) is 112 Å². The Bertz CT molecular complexity index is 2540. The SMILES string of the molecule is [C-]#[N+]c1cnc2cc(OCCCN3CCN(CCOCCOCCOCCn4c(=O)n(C5CCC(=O)NC5=O)c5ccccc54)CC3)c(OC)cc2c1Nc1cc(OC)c(Cl)cc1Cl. The number of ether oxygens (including phenoxy) is 6. The summed E-state index contributed by atoms with van der Waals surface area (Å²) in [5, 5.41) is 7.04. The molecular formula is C45H52Cl2N8O9. The number of nitrogens with zero attached hydrogens (tertiary/aromatic N) is 6. The van der Waals surface area contributed by atoms with Crippen molar-refractivity contribution in [3.05, 3.63) is 86.7 Å². The first-order valence-corrected chi connectivity index (χ1v) is 22.0. The first-order chi connectivity index (χ1) is 31.2. The summed E-state index contributed by atoms with van der Waals surface area (Å²) in [7, 11) is 3.10. The van der Waals surface area contributed by atoms with Crippen molar-refractivity contribution < 1.29 is 38.0 Å². The Labute approximate surface area is 380 Å². The second-order valence-corrected chi connectivity index (χ2v) is 16.0. The first-order valence-electron chi connectivity index (χ1n) is 21.2. The second kappa shape index (κ2) is 22.4. The highest BCUT2D eigenvalue weighted by molar-refractivity contribution is 6.37. The number of rotatable bonds is 22. The number of hydrogen-bond acceptors (Lipinski definition) is 13. The van der Waals surface area contributed by atoms with E-state index < -0.39 is 11.9 Å². The summed E-state index contributed by atoms with van der Waals surface area (Å²) >= 11 is 12.7. The molecular weight excluding hydrogens is 867 g/mol. The number of carbonyl (C=O) groups excluding carboxylic acids is 2. The number of hydrogen-bond donors (Lipinski definition) is 2. The third kappa shape index (κ3) is 11.2. The fourth-order valence-corrected chi connectivity index (χ4v) is 8.38. The number of imide groups is 1. The highest BCUT2D eigenvalue weighted by atomic mass is 35.5. The van der Waals surface area contributed by atoms with E-state index in [2.05, 4.69) is 30.3 Å². The smallest absolute Gasteiger partial charge is 0.329 e. The number of amides is 2. The van der Waals surface area contributed by atoms with E-state index in [9.17, 15) is 14.4 Å². The lowest BCUT2D eigenvalue weighted by Gasteiger charge is -2.34. The lowest BCUT2D eigenvalue weighted by atomic mass is 10.1. The van der Waals surface area contributed by atoms with Gasteiger partial charge in [-0.05, 0) is 37.1 Å². The third-order valence-corrected chi connectivity index (χ3v) is 11.9. The van der Waals surface area contributed by atoms with Crippen molar-refractivity contribution >= 4 is 74.0 Å². The zero-order valence-corrected chi connectivity index (χ0v) is 37.4. The third-order valence-electron chi connectivity index (χ3n) is 11.2. The van der Waals surface area contributed by atoms with Gasteiger partial charge in [0.1, 0.15) is 11.8 Å². The standard InChI is InChI=1S/C45H52Cl2N8O9/c1-48-35-29-49-33-27-41(40(60-3)25-30(33)43(35)50-34-28-39(59-2)32(47)26-31(34)46)64-18-6-11-52-12-14-53(15-13-52)16-19-61-21-23-63-24-22-62-20-17-54-36-7-4-5-8-37(36)55(45(54)58)38-9-10-42(56)51-44(38)57/h4-5,7-8,25-29,38H,6,9-24H2,2-3H3,(H,49,50)(H,51,56,57). The minimum absolute atomic E-state index is 0.191. The molecule has 3 aromatic carbocycles. The van der Waals surface area contributed by atoms with Crippen molar-refractivity contribution in [2.75, 3.05) is 105 Å². The molecule has 2 aliphatic heterocycles. The summed E-state index contributed by atoms with van der Waals surface area (Å²) in [5.41, 5.74) is 3.05. The molecule has 2 aliphatic rings. The van der Waals surface area contributed by atoms with Crippen LogP contribution in [0.3, 0.4) is 0 Å². The molecule has 5 aromatic rings. The number of benzene rings is 3. The van der Waals surface area contributed by atoms with E-state index in [0.29, 0.717) is 119 Å². The zero-order chi connectivity index (χ0) is 45.0. The normalized spacial score (nSPS) is 16.0. The van der Waals surface area contributed by atoms with Crippen molar-refractivity contribution in [2.45, 2.75) is 31.8 Å². The van der Waals surface area contributed by atoms with Crippen molar-refractivity contribution in [2.24, 2.45) is 0 Å². The average molecular weight is 920 g/mol. The number of nitrogens with one attached hydrogen (secondary N) is 2. The van der Waals surface area contributed by atoms with Crippen LogP contribution in [0.1, 0.15) is 25.3 Å². The van der Waals surface area contributed by atoms with Gasteiger partial charge in [-0.2, -0.15) is 0 Å². The van der Waals surface area contributed by atoms with Crippen molar-refractivity contribution in [1.82, 2.24) is 29.2 Å². The van der Waals surface area contributed by atoms with E-state index in [4.69, 9.17) is 58.2 Å². The van der Waals surface area contributed by atoms with Crippen molar-refractivity contribution in [1.29, 1.82) is 0 Å². The number of methoxy groups -OCH3 is 2. The van der Waals surface area contributed by atoms with Gasteiger partial charge < -0.3 is 38.6 Å². The van der Waals surface area contributed by atoms with Crippen LogP contribution >= 0.6 is 23.2 Å². The van der Waals surface area contributed by atoms with E-state index in [1.54, 1.807) is 23.8 Å². The number of anilines is 2. The molecule has 1 atom stereocenters. The molecule has 17 nitrogen and oxygen atoms in total. The molecule has 2 fully saturated rings. The number of aromatic nitrogens is 3. The Balaban J connectivity index is 0.756. The zero-order valence-electron chi connectivity index (χ0n) is 35.9. The van der Waals surface area contributed by atoms with Crippen molar-refractivity contribution in [3.63, 3.8) is 0 Å². The lowest BCUT2D eigenvalue weighted by Crippen LogP contribution is -2.47. The molecule has 1 unspecified atom stereocenters. The number of halogens is 2. The Morgan fingerprint density at radius 2 is 1.47 bits per heavy atom. The fraction of sp³-hybridized carbons (Fsp3) is 0.444. The van der Waals surface area contributed by atoms with Gasteiger partial charge in [-0.3, -0.25) is 33.9 Å². The van der Waals surface area contributed by atoms with Gasteiger partial charge in [-0.1, -0.05) is 35.3 Å². The lowest BCUT2D eigenvalue weighted by molar-refractivity contribution is -0.135. The Kier molecular flexibility index (Phi) is 16.3. The topological polar surface area (TPSA) is 164 Å². The molecule has 0 aliphatic carbocycles. The molecule has 2 saturated heterocycles. The summed E-state index contributed by atoms with van der Waals surface area (Å²) in [6.45, 7) is 16.8. The second-order valence-electron chi connectivity index (χ2n) is 15.2. The molecule has 7 rings (SSSR count). The van der Waals surface area contributed by atoms with Crippen LogP contribution in [0.2, 0.25) is 10.0 Å². The van der Waals surface area contributed by atoms with E-state index in [0.717, 1.165) is 45.7 Å². The minimum Gasteiger partial charge on any atom is -0.495 e. The summed E-state index contributed by atoms with van der Waals surface area (Å²) in [4.78, 5) is 50.6.